The summed E-state index contributed by atoms with van der Waals surface area (Å²) in [6.07, 6.45) is 4.68. The summed E-state index contributed by atoms with van der Waals surface area (Å²) in [7, 11) is 6.02. The fourth-order valence-corrected chi connectivity index (χ4v) is 5.90. The van der Waals surface area contributed by atoms with E-state index in [0.717, 1.165) is 77.8 Å². The number of rotatable bonds is 0. The number of hydrogen-bond acceptors (Lipinski definition) is 15. The molecular weight excluding hydrogens is 618 g/mol. The summed E-state index contributed by atoms with van der Waals surface area (Å²) in [6.45, 7) is 8.08. The molecule has 0 bridgehead atoms. The topological polar surface area (TPSA) is 184 Å². The van der Waals surface area contributed by atoms with Crippen molar-refractivity contribution in [2.75, 3.05) is 132 Å². The third kappa shape index (κ3) is 9.51. The van der Waals surface area contributed by atoms with Crippen LogP contribution in [-0.2, 0) is 0 Å². The van der Waals surface area contributed by atoms with E-state index >= 15 is 0 Å². The Morgan fingerprint density at radius 2 is 0.458 bits per heavy atom. The van der Waals surface area contributed by atoms with Gasteiger partial charge in [-0.05, 0) is 98.9 Å². The largest absolute Gasteiger partial charge is 0.380 e. The van der Waals surface area contributed by atoms with Crippen LogP contribution in [0.3, 0.4) is 0 Å². The maximum atomic E-state index is 12.1. The van der Waals surface area contributed by atoms with Crippen LogP contribution < -0.4 is 64.5 Å². The second-order valence-electron chi connectivity index (χ2n) is 12.8. The highest BCUT2D eigenvalue weighted by atomic mass is 16.2. The van der Waals surface area contributed by atoms with Crippen LogP contribution in [-0.4, -0.2) is 114 Å². The molecule has 0 spiro atoms. The highest BCUT2D eigenvalue weighted by Crippen LogP contribution is 2.16. The lowest BCUT2D eigenvalue weighted by Crippen LogP contribution is -2.38. The predicted molar refractivity (Wildman–Crippen MR) is 195 cm³/mol. The first-order valence-electron chi connectivity index (χ1n) is 17.1. The lowest BCUT2D eigenvalue weighted by molar-refractivity contribution is 0.331. The molecular formula is C33H51N9O6. The lowest BCUT2D eigenvalue weighted by Gasteiger charge is -2.20. The number of fused-ring (bicyclic) bond motifs is 3. The summed E-state index contributed by atoms with van der Waals surface area (Å²) in [5.41, 5.74) is -0.842. The number of hydrogen-bond donors (Lipinski definition) is 6. The van der Waals surface area contributed by atoms with Crippen LogP contribution in [0.5, 0.6) is 0 Å². The predicted octanol–water partition coefficient (Wildman–Crippen LogP) is -0.504. The van der Waals surface area contributed by atoms with Crippen molar-refractivity contribution in [1.29, 1.82) is 0 Å². The van der Waals surface area contributed by atoms with Crippen LogP contribution in [0.25, 0.3) is 0 Å². The van der Waals surface area contributed by atoms with Gasteiger partial charge in [0.15, 0.2) is 0 Å². The minimum Gasteiger partial charge on any atom is -0.380 e. The quantitative estimate of drug-likeness (QED) is 0.168. The van der Waals surface area contributed by atoms with E-state index in [0.29, 0.717) is 73.4 Å². The van der Waals surface area contributed by atoms with E-state index in [-0.39, 0.29) is 0 Å². The molecule has 0 aliphatic carbocycles. The van der Waals surface area contributed by atoms with Gasteiger partial charge in [-0.25, -0.2) is 0 Å². The van der Waals surface area contributed by atoms with Gasteiger partial charge in [-0.1, -0.05) is 0 Å². The standard InChI is InChI=1S/C33H51N9O6/c1-40-16-4-10-34-22-24(30(45)28(22)43)36-12-6-18-41(2)20-8-14-38-26-27(33(48)32(26)47)39-15-9-21-42(3)19-7-13-37-25-23(29(44)31(25)46)35-11-5-17-40/h34-39H,4-21H2,1-3H3. The monoisotopic (exact) mass is 669 g/mol. The summed E-state index contributed by atoms with van der Waals surface area (Å²) in [6, 6.07) is 0. The third-order valence-corrected chi connectivity index (χ3v) is 8.84. The molecule has 0 aromatic heterocycles. The van der Waals surface area contributed by atoms with Gasteiger partial charge in [0, 0.05) is 39.3 Å². The lowest BCUT2D eigenvalue weighted by atomic mass is 10.1. The average molecular weight is 670 g/mol. The average Bonchev–Trinajstić information content (AvgIpc) is 3.08. The first-order valence-corrected chi connectivity index (χ1v) is 17.1. The summed E-state index contributed by atoms with van der Waals surface area (Å²) in [5.74, 6) is 0. The first kappa shape index (κ1) is 36.8. The highest BCUT2D eigenvalue weighted by Gasteiger charge is 2.22. The third-order valence-electron chi connectivity index (χ3n) is 8.84. The van der Waals surface area contributed by atoms with Gasteiger partial charge in [0.05, 0.1) is 0 Å². The molecule has 1 aliphatic rings. The van der Waals surface area contributed by atoms with Gasteiger partial charge in [-0.3, -0.25) is 28.8 Å². The molecule has 0 saturated heterocycles. The molecule has 15 nitrogen and oxygen atoms in total. The van der Waals surface area contributed by atoms with Crippen molar-refractivity contribution in [3.05, 3.63) is 61.3 Å². The van der Waals surface area contributed by atoms with Gasteiger partial charge in [-0.2, -0.15) is 0 Å². The van der Waals surface area contributed by atoms with Crippen molar-refractivity contribution in [3.8, 4) is 0 Å². The van der Waals surface area contributed by atoms with E-state index in [2.05, 4.69) is 46.6 Å². The fourth-order valence-electron chi connectivity index (χ4n) is 5.90. The molecule has 0 amide bonds. The Kier molecular flexibility index (Phi) is 13.7. The van der Waals surface area contributed by atoms with Crippen LogP contribution in [0, 0.1) is 0 Å². The van der Waals surface area contributed by atoms with Crippen molar-refractivity contribution in [2.45, 2.75) is 38.5 Å². The Hall–Kier alpha value is -4.08. The van der Waals surface area contributed by atoms with Crippen LogP contribution in [0.4, 0.5) is 34.1 Å². The molecule has 0 radical (unpaired) electrons. The van der Waals surface area contributed by atoms with Crippen LogP contribution >= 0.6 is 0 Å². The second kappa shape index (κ2) is 17.9. The van der Waals surface area contributed by atoms with Crippen LogP contribution in [0.2, 0.25) is 0 Å². The number of nitrogens with zero attached hydrogens (tertiary/aromatic N) is 3. The molecule has 264 valence electrons. The van der Waals surface area contributed by atoms with Gasteiger partial charge in [0.2, 0.25) is 0 Å². The van der Waals surface area contributed by atoms with E-state index in [9.17, 15) is 28.8 Å². The second-order valence-corrected chi connectivity index (χ2v) is 12.8. The van der Waals surface area contributed by atoms with Crippen LogP contribution in [0.15, 0.2) is 28.8 Å². The van der Waals surface area contributed by atoms with Gasteiger partial charge in [0.25, 0.3) is 32.6 Å². The zero-order valence-electron chi connectivity index (χ0n) is 28.5. The van der Waals surface area contributed by atoms with Gasteiger partial charge >= 0.3 is 0 Å². The molecule has 6 N–H and O–H groups in total. The van der Waals surface area contributed by atoms with Crippen molar-refractivity contribution in [2.24, 2.45) is 0 Å². The molecule has 0 fully saturated rings. The molecule has 3 aromatic rings. The minimum atomic E-state index is -0.492. The Morgan fingerprint density at radius 1 is 0.312 bits per heavy atom. The normalized spacial score (nSPS) is 19.3. The van der Waals surface area contributed by atoms with Crippen molar-refractivity contribution >= 4 is 34.1 Å². The maximum Gasteiger partial charge on any atom is 0.253 e. The molecule has 1 aliphatic heterocycles. The van der Waals surface area contributed by atoms with Gasteiger partial charge < -0.3 is 46.6 Å². The Labute approximate surface area is 280 Å². The summed E-state index contributed by atoms with van der Waals surface area (Å²) in [4.78, 5) is 79.3. The fraction of sp³-hybridized carbons (Fsp3) is 0.636. The molecule has 0 saturated carbocycles. The van der Waals surface area contributed by atoms with Crippen LogP contribution in [0.1, 0.15) is 38.5 Å². The first-order chi connectivity index (χ1) is 23.1. The smallest absolute Gasteiger partial charge is 0.253 e. The molecule has 15 heteroatoms. The Morgan fingerprint density at radius 3 is 0.604 bits per heavy atom. The van der Waals surface area contributed by atoms with Crippen molar-refractivity contribution < 1.29 is 0 Å². The molecule has 0 unspecified atom stereocenters. The number of nitrogens with one attached hydrogen (secondary N) is 6. The van der Waals surface area contributed by atoms with Gasteiger partial charge in [-0.15, -0.1) is 0 Å². The molecule has 48 heavy (non-hydrogen) atoms. The minimum absolute atomic E-state index is 0.351. The molecule has 3 aromatic carbocycles. The summed E-state index contributed by atoms with van der Waals surface area (Å²) < 4.78 is 0. The summed E-state index contributed by atoms with van der Waals surface area (Å²) in [5, 5.41) is 18.7. The van der Waals surface area contributed by atoms with E-state index in [4.69, 9.17) is 0 Å². The van der Waals surface area contributed by atoms with Crippen molar-refractivity contribution in [1.82, 2.24) is 14.7 Å². The van der Waals surface area contributed by atoms with E-state index in [1.54, 1.807) is 0 Å². The summed E-state index contributed by atoms with van der Waals surface area (Å²) >= 11 is 0. The Bertz CT molecular complexity index is 1380. The van der Waals surface area contributed by atoms with E-state index in [1.807, 2.05) is 21.1 Å². The van der Waals surface area contributed by atoms with Crippen molar-refractivity contribution in [3.63, 3.8) is 0 Å². The molecule has 1 heterocycles. The number of anilines is 6. The van der Waals surface area contributed by atoms with Gasteiger partial charge in [0.1, 0.15) is 34.1 Å². The Balaban J connectivity index is 1.29. The molecule has 0 atom stereocenters. The zero-order chi connectivity index (χ0) is 34.6. The van der Waals surface area contributed by atoms with E-state index in [1.165, 1.54) is 0 Å². The molecule has 4 rings (SSSR count). The maximum absolute atomic E-state index is 12.1. The zero-order valence-corrected chi connectivity index (χ0v) is 28.5. The SMILES string of the molecule is CN1CCCNc2c(c(=O)c2=O)NCCCN(C)CCCNc2c(c(=O)c2=O)NCCCN(C)CCCNc2c(c(=O)c2=O)NCCC1. The highest BCUT2D eigenvalue weighted by molar-refractivity contribution is 5.75. The van der Waals surface area contributed by atoms with E-state index < -0.39 is 32.6 Å².